The lowest BCUT2D eigenvalue weighted by atomic mass is 10.2. The topological polar surface area (TPSA) is 79.6 Å². The molecule has 1 aliphatic rings. The lowest BCUT2D eigenvalue weighted by Crippen LogP contribution is -2.36. The van der Waals surface area contributed by atoms with Crippen LogP contribution in [0.4, 0.5) is 10.5 Å². The van der Waals surface area contributed by atoms with Crippen LogP contribution in [0.3, 0.4) is 0 Å². The van der Waals surface area contributed by atoms with Crippen molar-refractivity contribution in [2.45, 2.75) is 6.92 Å². The van der Waals surface area contributed by atoms with E-state index in [1.54, 1.807) is 30.3 Å². The summed E-state index contributed by atoms with van der Waals surface area (Å²) in [5.41, 5.74) is 1.38. The summed E-state index contributed by atoms with van der Waals surface area (Å²) in [5.74, 6) is -0.539. The maximum absolute atomic E-state index is 12.4. The summed E-state index contributed by atoms with van der Waals surface area (Å²) in [4.78, 5) is 37.7. The number of nitrogens with zero attached hydrogens (tertiary/aromatic N) is 1. The first-order chi connectivity index (χ1) is 12.3. The van der Waals surface area contributed by atoms with Gasteiger partial charge in [0.25, 0.3) is 11.1 Å². The number of carbonyl (C=O) groups is 3. The third-order valence-corrected chi connectivity index (χ3v) is 5.39. The maximum Gasteiger partial charge on any atom is 0.294 e. The molecule has 9 heteroatoms. The van der Waals surface area contributed by atoms with Crippen molar-refractivity contribution >= 4 is 74.8 Å². The average molecular weight is 503 g/mol. The van der Waals surface area contributed by atoms with Gasteiger partial charge in [0.05, 0.1) is 4.91 Å². The molecule has 1 aromatic heterocycles. The largest absolute Gasteiger partial charge is 0.451 e. The molecule has 0 aliphatic carbocycles. The molecule has 1 N–H and O–H groups in total. The Balaban J connectivity index is 1.68. The number of aryl methyl sites for hydroxylation is 1. The van der Waals surface area contributed by atoms with Gasteiger partial charge in [-0.1, -0.05) is 17.7 Å². The summed E-state index contributed by atoms with van der Waals surface area (Å²) >= 11 is 8.80. The van der Waals surface area contributed by atoms with E-state index in [1.165, 1.54) is 6.08 Å². The number of hydrogen-bond acceptors (Lipinski definition) is 5. The smallest absolute Gasteiger partial charge is 0.294 e. The van der Waals surface area contributed by atoms with Crippen LogP contribution in [0.5, 0.6) is 0 Å². The van der Waals surface area contributed by atoms with E-state index >= 15 is 0 Å². The predicted octanol–water partition coefficient (Wildman–Crippen LogP) is 4.52. The third kappa shape index (κ3) is 4.30. The van der Waals surface area contributed by atoms with Crippen LogP contribution < -0.4 is 5.32 Å². The van der Waals surface area contributed by atoms with Crippen molar-refractivity contribution in [1.29, 1.82) is 0 Å². The molecule has 134 valence electrons. The number of nitrogens with one attached hydrogen (secondary N) is 1. The fraction of sp³-hybridized carbons (Fsp3) is 0.118. The highest BCUT2D eigenvalue weighted by atomic mass is 127. The predicted molar refractivity (Wildman–Crippen MR) is 109 cm³/mol. The van der Waals surface area contributed by atoms with Crippen molar-refractivity contribution in [3.05, 3.63) is 55.4 Å². The van der Waals surface area contributed by atoms with Gasteiger partial charge in [0, 0.05) is 16.8 Å². The number of imide groups is 1. The summed E-state index contributed by atoms with van der Waals surface area (Å²) in [5, 5.41) is 2.65. The van der Waals surface area contributed by atoms with Gasteiger partial charge >= 0.3 is 0 Å². The second-order valence-electron chi connectivity index (χ2n) is 5.42. The Morgan fingerprint density at radius 1 is 1.35 bits per heavy atom. The number of anilines is 1. The summed E-state index contributed by atoms with van der Waals surface area (Å²) in [6.07, 6.45) is 1.49. The van der Waals surface area contributed by atoms with Crippen LogP contribution in [-0.4, -0.2) is 28.5 Å². The molecule has 3 amide bonds. The number of thioether (sulfide) groups is 1. The number of amides is 3. The van der Waals surface area contributed by atoms with E-state index in [1.807, 2.05) is 29.5 Å². The lowest BCUT2D eigenvalue weighted by molar-refractivity contribution is -0.127. The molecule has 0 atom stereocenters. The first kappa shape index (κ1) is 19.0. The van der Waals surface area contributed by atoms with Crippen molar-refractivity contribution in [3.8, 4) is 0 Å². The average Bonchev–Trinajstić information content (AvgIpc) is 3.09. The van der Waals surface area contributed by atoms with Crippen LogP contribution in [-0.2, 0) is 9.59 Å². The highest BCUT2D eigenvalue weighted by Crippen LogP contribution is 2.32. The van der Waals surface area contributed by atoms with Crippen molar-refractivity contribution in [1.82, 2.24) is 4.90 Å². The van der Waals surface area contributed by atoms with Gasteiger partial charge in [-0.05, 0) is 71.1 Å². The lowest BCUT2D eigenvalue weighted by Gasteiger charge is -2.12. The number of hydrogen-bond donors (Lipinski definition) is 1. The van der Waals surface area contributed by atoms with Gasteiger partial charge in [-0.3, -0.25) is 19.3 Å². The van der Waals surface area contributed by atoms with E-state index in [4.69, 9.17) is 16.0 Å². The Labute approximate surface area is 172 Å². The molecule has 2 heterocycles. The zero-order valence-electron chi connectivity index (χ0n) is 13.4. The Morgan fingerprint density at radius 3 is 2.77 bits per heavy atom. The Morgan fingerprint density at radius 2 is 2.12 bits per heavy atom. The highest BCUT2D eigenvalue weighted by molar-refractivity contribution is 14.1. The molecule has 0 radical (unpaired) electrons. The number of carbonyl (C=O) groups excluding carboxylic acids is 3. The fourth-order valence-corrected chi connectivity index (χ4v) is 3.62. The summed E-state index contributed by atoms with van der Waals surface area (Å²) in [7, 11) is 0. The van der Waals surface area contributed by atoms with E-state index in [0.29, 0.717) is 20.2 Å². The molecule has 0 unspecified atom stereocenters. The van der Waals surface area contributed by atoms with Crippen LogP contribution in [0.1, 0.15) is 11.3 Å². The minimum absolute atomic E-state index is 0.215. The van der Waals surface area contributed by atoms with Gasteiger partial charge in [0.15, 0.2) is 3.77 Å². The van der Waals surface area contributed by atoms with Crippen LogP contribution in [0, 0.1) is 10.7 Å². The van der Waals surface area contributed by atoms with Gasteiger partial charge < -0.3 is 9.73 Å². The van der Waals surface area contributed by atoms with E-state index in [-0.39, 0.29) is 11.4 Å². The molecule has 2 aromatic rings. The van der Waals surface area contributed by atoms with Crippen LogP contribution in [0.25, 0.3) is 6.08 Å². The second kappa shape index (κ2) is 7.85. The zero-order chi connectivity index (χ0) is 18.8. The van der Waals surface area contributed by atoms with Crippen LogP contribution >= 0.6 is 46.0 Å². The molecular weight excluding hydrogens is 491 g/mol. The molecule has 6 nitrogen and oxygen atoms in total. The van der Waals surface area contributed by atoms with Crippen molar-refractivity contribution < 1.29 is 18.8 Å². The molecule has 0 spiro atoms. The Bertz CT molecular complexity index is 941. The van der Waals surface area contributed by atoms with E-state index < -0.39 is 17.1 Å². The first-order valence-corrected chi connectivity index (χ1v) is 9.67. The molecule has 3 rings (SSSR count). The quantitative estimate of drug-likeness (QED) is 0.491. The number of halogens is 2. The van der Waals surface area contributed by atoms with Crippen molar-refractivity contribution in [2.24, 2.45) is 0 Å². The Hall–Kier alpha value is -1.78. The minimum atomic E-state index is -0.525. The highest BCUT2D eigenvalue weighted by Gasteiger charge is 2.36. The van der Waals surface area contributed by atoms with Gasteiger partial charge in [-0.15, -0.1) is 0 Å². The molecule has 1 saturated heterocycles. The molecular formula is C17H12ClIN2O4S. The van der Waals surface area contributed by atoms with Crippen LogP contribution in [0.2, 0.25) is 5.02 Å². The van der Waals surface area contributed by atoms with E-state index in [9.17, 15) is 14.4 Å². The maximum atomic E-state index is 12.4. The summed E-state index contributed by atoms with van der Waals surface area (Å²) < 4.78 is 6.04. The molecule has 26 heavy (non-hydrogen) atoms. The SMILES string of the molecule is Cc1ccc(NC(=O)CN2C(=O)S/C(=C\c3ccc(I)o3)C2=O)cc1Cl. The summed E-state index contributed by atoms with van der Waals surface area (Å²) in [6.45, 7) is 1.48. The standard InChI is InChI=1S/C17H12ClIN2O4S/c1-9-2-3-10(6-12(9)18)20-15(22)8-21-16(23)13(26-17(21)24)7-11-4-5-14(19)25-11/h2-7H,8H2,1H3,(H,20,22)/b13-7-. The molecule has 0 saturated carbocycles. The molecule has 0 bridgehead atoms. The van der Waals surface area contributed by atoms with Crippen molar-refractivity contribution in [2.75, 3.05) is 11.9 Å². The molecule has 1 aliphatic heterocycles. The van der Waals surface area contributed by atoms with Gasteiger partial charge in [0.2, 0.25) is 5.91 Å². The Kier molecular flexibility index (Phi) is 5.73. The first-order valence-electron chi connectivity index (χ1n) is 7.40. The van der Waals surface area contributed by atoms with Gasteiger partial charge in [-0.2, -0.15) is 0 Å². The monoisotopic (exact) mass is 502 g/mol. The number of rotatable bonds is 4. The summed E-state index contributed by atoms with van der Waals surface area (Å²) in [6, 6.07) is 8.53. The van der Waals surface area contributed by atoms with E-state index in [2.05, 4.69) is 5.32 Å². The number of benzene rings is 1. The molecule has 1 fully saturated rings. The molecule has 1 aromatic carbocycles. The van der Waals surface area contributed by atoms with Crippen LogP contribution in [0.15, 0.2) is 39.7 Å². The third-order valence-electron chi connectivity index (χ3n) is 3.50. The van der Waals surface area contributed by atoms with Crippen molar-refractivity contribution in [3.63, 3.8) is 0 Å². The second-order valence-corrected chi connectivity index (χ2v) is 7.89. The normalized spacial score (nSPS) is 15.8. The van der Waals surface area contributed by atoms with Gasteiger partial charge in [-0.25, -0.2) is 0 Å². The number of furan rings is 1. The fourth-order valence-electron chi connectivity index (χ4n) is 2.19. The van der Waals surface area contributed by atoms with Gasteiger partial charge in [0.1, 0.15) is 12.3 Å². The van der Waals surface area contributed by atoms with E-state index in [0.717, 1.165) is 22.2 Å². The minimum Gasteiger partial charge on any atom is -0.451 e. The zero-order valence-corrected chi connectivity index (χ0v) is 17.1.